The van der Waals surface area contributed by atoms with Crippen molar-refractivity contribution in [3.63, 3.8) is 0 Å². The van der Waals surface area contributed by atoms with Gasteiger partial charge in [-0.2, -0.15) is 0 Å². The summed E-state index contributed by atoms with van der Waals surface area (Å²) in [5.41, 5.74) is 10.7. The molecule has 0 saturated carbocycles. The van der Waals surface area contributed by atoms with Crippen LogP contribution in [0.4, 0.5) is 22.7 Å². The summed E-state index contributed by atoms with van der Waals surface area (Å²) in [5, 5.41) is 0. The van der Waals surface area contributed by atoms with Crippen LogP contribution in [0.5, 0.6) is 0 Å². The highest BCUT2D eigenvalue weighted by Crippen LogP contribution is 2.45. The molecule has 45 heavy (non-hydrogen) atoms. The molecule has 1 aliphatic heterocycles. The molecule has 212 valence electrons. The number of nitrogens with zero attached hydrogens (tertiary/aromatic N) is 4. The Morgan fingerprint density at radius 1 is 0.378 bits per heavy atom. The van der Waals surface area contributed by atoms with E-state index in [1.165, 1.54) is 16.8 Å². The van der Waals surface area contributed by atoms with Crippen LogP contribution in [-0.2, 0) is 0 Å². The topological polar surface area (TPSA) is 32.3 Å². The van der Waals surface area contributed by atoms with Gasteiger partial charge >= 0.3 is 6.98 Å². The van der Waals surface area contributed by atoms with Gasteiger partial charge in [0.2, 0.25) is 0 Å². The molecule has 0 amide bonds. The summed E-state index contributed by atoms with van der Waals surface area (Å²) in [7, 11) is 0. The first kappa shape index (κ1) is 26.7. The molecule has 1 aromatic heterocycles. The van der Waals surface area contributed by atoms with E-state index in [1.54, 1.807) is 0 Å². The summed E-state index contributed by atoms with van der Waals surface area (Å²) < 4.78 is 0. The van der Waals surface area contributed by atoms with Gasteiger partial charge in [0, 0.05) is 28.1 Å². The summed E-state index contributed by atoms with van der Waals surface area (Å²) in [6.45, 7) is -0.0774. The lowest BCUT2D eigenvalue weighted by atomic mass is 9.64. The maximum Gasteiger partial charge on any atom is 0.420 e. The Hall–Kier alpha value is -5.94. The van der Waals surface area contributed by atoms with E-state index in [2.05, 4.69) is 149 Å². The van der Waals surface area contributed by atoms with E-state index >= 15 is 0 Å². The van der Waals surface area contributed by atoms with Crippen molar-refractivity contribution >= 4 is 35.2 Å². The van der Waals surface area contributed by atoms with Gasteiger partial charge in [-0.15, -0.1) is 0 Å². The van der Waals surface area contributed by atoms with Gasteiger partial charge in [0.1, 0.15) is 0 Å². The summed E-state index contributed by atoms with van der Waals surface area (Å²) in [5.74, 6) is 0.716. The molecule has 1 aliphatic rings. The van der Waals surface area contributed by atoms with Gasteiger partial charge in [-0.25, -0.2) is 9.97 Å². The van der Waals surface area contributed by atoms with Gasteiger partial charge in [0.15, 0.2) is 5.82 Å². The molecule has 0 atom stereocenters. The monoisotopic (exact) mass is 576 g/mol. The van der Waals surface area contributed by atoms with Gasteiger partial charge in [-0.1, -0.05) is 133 Å². The first-order valence-electron chi connectivity index (χ1n) is 15.2. The molecule has 0 N–H and O–H groups in total. The molecule has 4 nitrogen and oxygen atoms in total. The Bertz CT molecular complexity index is 1930. The number of benzene rings is 6. The molecular formula is C40H29BN4. The van der Waals surface area contributed by atoms with Crippen LogP contribution in [0.15, 0.2) is 176 Å². The lowest BCUT2D eigenvalue weighted by molar-refractivity contribution is 1.18. The average molecular weight is 577 g/mol. The Kier molecular flexibility index (Phi) is 6.89. The number of hydrogen-bond donors (Lipinski definition) is 0. The smallest absolute Gasteiger partial charge is 0.360 e. The minimum Gasteiger partial charge on any atom is -0.360 e. The van der Waals surface area contributed by atoms with Gasteiger partial charge in [-0.05, 0) is 47.9 Å². The van der Waals surface area contributed by atoms with E-state index in [0.29, 0.717) is 5.82 Å². The third-order valence-electron chi connectivity index (χ3n) is 8.29. The Balaban J connectivity index is 1.25. The molecule has 0 aliphatic carbocycles. The normalized spacial score (nSPS) is 12.3. The predicted octanol–water partition coefficient (Wildman–Crippen LogP) is 9.16. The highest BCUT2D eigenvalue weighted by molar-refractivity contribution is 6.84. The molecule has 0 radical (unpaired) electrons. The van der Waals surface area contributed by atoms with E-state index in [-0.39, 0.29) is 6.98 Å². The standard InChI is InChI=1S/C40H29BN4/c1-5-15-30(16-6-1)36-29-37(43-40(42-36)32-17-7-2-8-18-32)31-25-27-33(28-26-31)41-44(34-19-9-3-10-20-34)38-23-13-14-24-39(38)45(41)35-21-11-4-12-22-35/h1-29H. The van der Waals surface area contributed by atoms with Crippen LogP contribution in [-0.4, -0.2) is 17.0 Å². The SMILES string of the molecule is c1ccc(-c2cc(-c3ccc(B4N(c5ccccc5)c5ccccc5N4c4ccccc4)cc3)nc(-c3ccccc3)n2)cc1. The fourth-order valence-corrected chi connectivity index (χ4v) is 6.18. The second-order valence-electron chi connectivity index (χ2n) is 11.1. The Morgan fingerprint density at radius 2 is 0.778 bits per heavy atom. The van der Waals surface area contributed by atoms with Gasteiger partial charge in [-0.3, -0.25) is 0 Å². The fourth-order valence-electron chi connectivity index (χ4n) is 6.18. The van der Waals surface area contributed by atoms with E-state index in [1.807, 2.05) is 36.4 Å². The first-order chi connectivity index (χ1) is 22.3. The van der Waals surface area contributed by atoms with Crippen molar-refractivity contribution in [3.8, 4) is 33.9 Å². The van der Waals surface area contributed by atoms with Crippen LogP contribution in [0.2, 0.25) is 0 Å². The highest BCUT2D eigenvalue weighted by Gasteiger charge is 2.43. The minimum absolute atomic E-state index is 0.0774. The lowest BCUT2D eigenvalue weighted by Crippen LogP contribution is -2.53. The zero-order valence-corrected chi connectivity index (χ0v) is 24.6. The van der Waals surface area contributed by atoms with E-state index in [4.69, 9.17) is 9.97 Å². The van der Waals surface area contributed by atoms with Crippen molar-refractivity contribution in [2.24, 2.45) is 0 Å². The Morgan fingerprint density at radius 3 is 1.27 bits per heavy atom. The molecule has 7 aromatic rings. The third kappa shape index (κ3) is 5.04. The van der Waals surface area contributed by atoms with Crippen molar-refractivity contribution in [2.45, 2.75) is 0 Å². The number of rotatable bonds is 6. The molecule has 0 fully saturated rings. The van der Waals surface area contributed by atoms with Crippen LogP contribution in [0.25, 0.3) is 33.9 Å². The summed E-state index contributed by atoms with van der Waals surface area (Å²) >= 11 is 0. The van der Waals surface area contributed by atoms with Gasteiger partial charge in [0.05, 0.1) is 22.8 Å². The molecule has 8 rings (SSSR count). The number of fused-ring (bicyclic) bond motifs is 1. The molecule has 0 spiro atoms. The summed E-state index contributed by atoms with van der Waals surface area (Å²) in [4.78, 5) is 14.9. The zero-order valence-electron chi connectivity index (χ0n) is 24.6. The maximum absolute atomic E-state index is 5.05. The lowest BCUT2D eigenvalue weighted by Gasteiger charge is -2.30. The van der Waals surface area contributed by atoms with Crippen LogP contribution in [0.1, 0.15) is 0 Å². The second kappa shape index (κ2) is 11.6. The average Bonchev–Trinajstić information content (AvgIpc) is 3.48. The number of anilines is 4. The van der Waals surface area contributed by atoms with Crippen LogP contribution < -0.4 is 15.1 Å². The van der Waals surface area contributed by atoms with E-state index in [9.17, 15) is 0 Å². The second-order valence-corrected chi connectivity index (χ2v) is 11.1. The molecule has 0 unspecified atom stereocenters. The van der Waals surface area contributed by atoms with E-state index in [0.717, 1.165) is 39.5 Å². The zero-order chi connectivity index (χ0) is 30.0. The largest absolute Gasteiger partial charge is 0.420 e. The van der Waals surface area contributed by atoms with Crippen molar-refractivity contribution in [1.82, 2.24) is 9.97 Å². The number of para-hydroxylation sites is 4. The van der Waals surface area contributed by atoms with Crippen molar-refractivity contribution < 1.29 is 0 Å². The molecule has 2 heterocycles. The highest BCUT2D eigenvalue weighted by atomic mass is 15.3. The van der Waals surface area contributed by atoms with Crippen molar-refractivity contribution in [2.75, 3.05) is 9.62 Å². The van der Waals surface area contributed by atoms with E-state index < -0.39 is 0 Å². The molecule has 0 saturated heterocycles. The van der Waals surface area contributed by atoms with Gasteiger partial charge in [0.25, 0.3) is 0 Å². The number of hydrogen-bond acceptors (Lipinski definition) is 4. The van der Waals surface area contributed by atoms with Crippen molar-refractivity contribution in [3.05, 3.63) is 176 Å². The van der Waals surface area contributed by atoms with Crippen LogP contribution in [0, 0.1) is 0 Å². The van der Waals surface area contributed by atoms with Crippen LogP contribution in [0.3, 0.4) is 0 Å². The maximum atomic E-state index is 5.05. The van der Waals surface area contributed by atoms with Gasteiger partial charge < -0.3 is 9.62 Å². The fraction of sp³-hybridized carbons (Fsp3) is 0. The first-order valence-corrected chi connectivity index (χ1v) is 15.2. The third-order valence-corrected chi connectivity index (χ3v) is 8.29. The van der Waals surface area contributed by atoms with Crippen molar-refractivity contribution in [1.29, 1.82) is 0 Å². The molecule has 6 aromatic carbocycles. The van der Waals surface area contributed by atoms with Crippen LogP contribution >= 0.6 is 0 Å². The Labute approximate surface area is 264 Å². The predicted molar refractivity (Wildman–Crippen MR) is 187 cm³/mol. The molecule has 0 bridgehead atoms. The molecule has 5 heteroatoms. The quantitative estimate of drug-likeness (QED) is 0.185. The number of aromatic nitrogens is 2. The molecular weight excluding hydrogens is 547 g/mol. The minimum atomic E-state index is -0.0774. The summed E-state index contributed by atoms with van der Waals surface area (Å²) in [6.07, 6.45) is 0. The summed E-state index contributed by atoms with van der Waals surface area (Å²) in [6, 6.07) is 61.4.